The van der Waals surface area contributed by atoms with Gasteiger partial charge in [0, 0.05) is 19.0 Å². The first-order chi connectivity index (χ1) is 11.2. The second kappa shape index (κ2) is 8.82. The molecule has 0 heterocycles. The van der Waals surface area contributed by atoms with Crippen molar-refractivity contribution >= 4 is 21.7 Å². The van der Waals surface area contributed by atoms with E-state index < -0.39 is 9.84 Å². The van der Waals surface area contributed by atoms with Crippen LogP contribution < -0.4 is 5.32 Å². The molecular formula is C17H26N2O4S. The van der Waals surface area contributed by atoms with E-state index in [-0.39, 0.29) is 41.5 Å². The standard InChI is InChI=1S/C17H26N2O4S/c1-5-19(12-16(20)18-13(2)3)17(21)10-11-24(22,23)15-8-6-14(4)7-9-15/h6-9,13H,5,10-12H2,1-4H3,(H,18,20). The van der Waals surface area contributed by atoms with Crippen LogP contribution in [0.5, 0.6) is 0 Å². The van der Waals surface area contributed by atoms with Crippen LogP contribution in [0.25, 0.3) is 0 Å². The molecule has 2 amide bonds. The largest absolute Gasteiger partial charge is 0.352 e. The van der Waals surface area contributed by atoms with Gasteiger partial charge in [0.05, 0.1) is 17.2 Å². The van der Waals surface area contributed by atoms with E-state index in [2.05, 4.69) is 5.32 Å². The van der Waals surface area contributed by atoms with Crippen molar-refractivity contribution < 1.29 is 18.0 Å². The fourth-order valence-electron chi connectivity index (χ4n) is 2.16. The van der Waals surface area contributed by atoms with Crippen molar-refractivity contribution in [2.24, 2.45) is 0 Å². The Hall–Kier alpha value is -1.89. The summed E-state index contributed by atoms with van der Waals surface area (Å²) in [6.07, 6.45) is -0.140. The van der Waals surface area contributed by atoms with Crippen molar-refractivity contribution in [3.63, 3.8) is 0 Å². The quantitative estimate of drug-likeness (QED) is 0.767. The SMILES string of the molecule is CCN(CC(=O)NC(C)C)C(=O)CCS(=O)(=O)c1ccc(C)cc1. The van der Waals surface area contributed by atoms with Gasteiger partial charge < -0.3 is 10.2 Å². The highest BCUT2D eigenvalue weighted by atomic mass is 32.2. The summed E-state index contributed by atoms with van der Waals surface area (Å²) in [7, 11) is -3.51. The Labute approximate surface area is 144 Å². The molecule has 0 aromatic heterocycles. The summed E-state index contributed by atoms with van der Waals surface area (Å²) in [5, 5.41) is 2.71. The normalized spacial score (nSPS) is 11.4. The van der Waals surface area contributed by atoms with E-state index in [4.69, 9.17) is 0 Å². The maximum absolute atomic E-state index is 12.3. The summed E-state index contributed by atoms with van der Waals surface area (Å²) in [5.74, 6) is -0.856. The van der Waals surface area contributed by atoms with Crippen LogP contribution in [0.3, 0.4) is 0 Å². The zero-order valence-corrected chi connectivity index (χ0v) is 15.5. The molecule has 0 aliphatic heterocycles. The first-order valence-corrected chi connectivity index (χ1v) is 9.67. The molecule has 0 unspecified atom stereocenters. The molecule has 1 N–H and O–H groups in total. The first kappa shape index (κ1) is 20.2. The van der Waals surface area contributed by atoms with E-state index in [1.807, 2.05) is 20.8 Å². The van der Waals surface area contributed by atoms with Crippen molar-refractivity contribution in [2.75, 3.05) is 18.8 Å². The zero-order valence-electron chi connectivity index (χ0n) is 14.7. The number of rotatable bonds is 8. The van der Waals surface area contributed by atoms with Gasteiger partial charge in [0.25, 0.3) is 0 Å². The van der Waals surface area contributed by atoms with Crippen LogP contribution in [-0.4, -0.2) is 50.0 Å². The Balaban J connectivity index is 2.65. The van der Waals surface area contributed by atoms with Crippen LogP contribution >= 0.6 is 0 Å². The lowest BCUT2D eigenvalue weighted by atomic mass is 10.2. The number of nitrogens with one attached hydrogen (secondary N) is 1. The molecule has 0 aliphatic carbocycles. The van der Waals surface area contributed by atoms with Crippen molar-refractivity contribution in [1.29, 1.82) is 0 Å². The third kappa shape index (κ3) is 6.31. The predicted octanol–water partition coefficient (Wildman–Crippen LogP) is 1.53. The topological polar surface area (TPSA) is 83.6 Å². The van der Waals surface area contributed by atoms with Gasteiger partial charge in [0.2, 0.25) is 11.8 Å². The lowest BCUT2D eigenvalue weighted by molar-refractivity contribution is -0.135. The van der Waals surface area contributed by atoms with E-state index in [0.717, 1.165) is 5.56 Å². The molecule has 0 saturated carbocycles. The molecule has 0 atom stereocenters. The van der Waals surface area contributed by atoms with Crippen LogP contribution in [0.2, 0.25) is 0 Å². The van der Waals surface area contributed by atoms with Crippen molar-refractivity contribution in [3.05, 3.63) is 29.8 Å². The van der Waals surface area contributed by atoms with Gasteiger partial charge in [-0.25, -0.2) is 8.42 Å². The third-order valence-electron chi connectivity index (χ3n) is 3.48. The lowest BCUT2D eigenvalue weighted by Gasteiger charge is -2.21. The molecule has 1 rings (SSSR count). The molecular weight excluding hydrogens is 328 g/mol. The summed E-state index contributed by atoms with van der Waals surface area (Å²) < 4.78 is 24.6. The second-order valence-corrected chi connectivity index (χ2v) is 8.12. The molecule has 0 bridgehead atoms. The smallest absolute Gasteiger partial charge is 0.239 e. The molecule has 6 nitrogen and oxygen atoms in total. The molecule has 0 fully saturated rings. The number of likely N-dealkylation sites (N-methyl/N-ethyl adjacent to an activating group) is 1. The Morgan fingerprint density at radius 2 is 1.75 bits per heavy atom. The molecule has 1 aromatic rings. The second-order valence-electron chi connectivity index (χ2n) is 6.01. The van der Waals surface area contributed by atoms with Gasteiger partial charge in [-0.2, -0.15) is 0 Å². The highest BCUT2D eigenvalue weighted by molar-refractivity contribution is 7.91. The summed E-state index contributed by atoms with van der Waals surface area (Å²) in [5.41, 5.74) is 0.971. The van der Waals surface area contributed by atoms with Gasteiger partial charge in [-0.15, -0.1) is 0 Å². The summed E-state index contributed by atoms with van der Waals surface area (Å²) in [6, 6.07) is 6.53. The molecule has 24 heavy (non-hydrogen) atoms. The number of amides is 2. The molecule has 1 aromatic carbocycles. The molecule has 134 valence electrons. The van der Waals surface area contributed by atoms with Gasteiger partial charge in [0.1, 0.15) is 0 Å². The van der Waals surface area contributed by atoms with Gasteiger partial charge in [0.15, 0.2) is 9.84 Å². The van der Waals surface area contributed by atoms with E-state index in [1.54, 1.807) is 31.2 Å². The molecule has 0 spiro atoms. The number of hydrogen-bond donors (Lipinski definition) is 1. The third-order valence-corrected chi connectivity index (χ3v) is 5.22. The Kier molecular flexibility index (Phi) is 7.41. The number of aryl methyl sites for hydroxylation is 1. The van der Waals surface area contributed by atoms with Gasteiger partial charge >= 0.3 is 0 Å². The predicted molar refractivity (Wildman–Crippen MR) is 93.4 cm³/mol. The maximum atomic E-state index is 12.3. The monoisotopic (exact) mass is 354 g/mol. The Bertz CT molecular complexity index is 666. The van der Waals surface area contributed by atoms with Crippen LogP contribution in [0.15, 0.2) is 29.2 Å². The van der Waals surface area contributed by atoms with Crippen LogP contribution in [0.4, 0.5) is 0 Å². The van der Waals surface area contributed by atoms with Crippen molar-refractivity contribution in [3.8, 4) is 0 Å². The van der Waals surface area contributed by atoms with E-state index in [0.29, 0.717) is 6.54 Å². The molecule has 0 aliphatic rings. The minimum atomic E-state index is -3.51. The van der Waals surface area contributed by atoms with Gasteiger partial charge in [-0.3, -0.25) is 9.59 Å². The number of sulfone groups is 1. The number of carbonyl (C=O) groups excluding carboxylic acids is 2. The number of benzene rings is 1. The highest BCUT2D eigenvalue weighted by Crippen LogP contribution is 2.13. The maximum Gasteiger partial charge on any atom is 0.239 e. The zero-order chi connectivity index (χ0) is 18.3. The van der Waals surface area contributed by atoms with Gasteiger partial charge in [-0.05, 0) is 39.8 Å². The Morgan fingerprint density at radius 1 is 1.17 bits per heavy atom. The summed E-state index contributed by atoms with van der Waals surface area (Å²) >= 11 is 0. The van der Waals surface area contributed by atoms with Gasteiger partial charge in [-0.1, -0.05) is 17.7 Å². The first-order valence-electron chi connectivity index (χ1n) is 8.02. The van der Waals surface area contributed by atoms with E-state index >= 15 is 0 Å². The fourth-order valence-corrected chi connectivity index (χ4v) is 3.39. The minimum Gasteiger partial charge on any atom is -0.352 e. The van der Waals surface area contributed by atoms with Crippen LogP contribution in [0.1, 0.15) is 32.8 Å². The summed E-state index contributed by atoms with van der Waals surface area (Å²) in [6.45, 7) is 7.61. The highest BCUT2D eigenvalue weighted by Gasteiger charge is 2.20. The number of nitrogens with zero attached hydrogens (tertiary/aromatic N) is 1. The Morgan fingerprint density at radius 3 is 2.25 bits per heavy atom. The van der Waals surface area contributed by atoms with Crippen molar-refractivity contribution in [1.82, 2.24) is 10.2 Å². The number of carbonyl (C=O) groups is 2. The van der Waals surface area contributed by atoms with Crippen molar-refractivity contribution in [2.45, 2.75) is 45.1 Å². The minimum absolute atomic E-state index is 0.00627. The fraction of sp³-hybridized carbons (Fsp3) is 0.529. The van der Waals surface area contributed by atoms with Crippen LogP contribution in [-0.2, 0) is 19.4 Å². The van der Waals surface area contributed by atoms with Crippen LogP contribution in [0, 0.1) is 6.92 Å². The average molecular weight is 354 g/mol. The van der Waals surface area contributed by atoms with E-state index in [1.165, 1.54) is 4.90 Å². The molecule has 0 saturated heterocycles. The van der Waals surface area contributed by atoms with E-state index in [9.17, 15) is 18.0 Å². The average Bonchev–Trinajstić information content (AvgIpc) is 2.50. The molecule has 0 radical (unpaired) electrons. The number of hydrogen-bond acceptors (Lipinski definition) is 4. The molecule has 7 heteroatoms. The lowest BCUT2D eigenvalue weighted by Crippen LogP contribution is -2.43. The summed E-state index contributed by atoms with van der Waals surface area (Å²) in [4.78, 5) is 25.5.